The van der Waals surface area contributed by atoms with Crippen molar-refractivity contribution in [3.63, 3.8) is 0 Å². The summed E-state index contributed by atoms with van der Waals surface area (Å²) in [5.74, 6) is -0.0191. The van der Waals surface area contributed by atoms with Gasteiger partial charge in [0.15, 0.2) is 0 Å². The Balaban J connectivity index is 2.40. The van der Waals surface area contributed by atoms with Gasteiger partial charge in [0.1, 0.15) is 21.3 Å². The highest BCUT2D eigenvalue weighted by molar-refractivity contribution is 8.31. The quantitative estimate of drug-likeness (QED) is 0.0398. The Bertz CT molecular complexity index is 1400. The van der Waals surface area contributed by atoms with Crippen LogP contribution in [-0.2, 0) is 19.7 Å². The van der Waals surface area contributed by atoms with Crippen molar-refractivity contribution in [2.45, 2.75) is 153 Å². The second-order valence-electron chi connectivity index (χ2n) is 13.0. The third-order valence-corrected chi connectivity index (χ3v) is 12.6. The molecule has 0 saturated heterocycles. The molecule has 0 aliphatic carbocycles. The van der Waals surface area contributed by atoms with Crippen LogP contribution < -0.4 is 9.47 Å². The summed E-state index contributed by atoms with van der Waals surface area (Å²) in [4.78, 5) is 2.26. The SMILES string of the molecule is CCCCCCCCCOc1ccc(C(C)C)cc1S(=O)(=O)C(=[N+]=[N-])S(=O)(=O)c1cc(C(C)C)ccc1OCCCCCCCCC. The first-order chi connectivity index (χ1) is 22.4. The van der Waals surface area contributed by atoms with Gasteiger partial charge >= 0.3 is 4.38 Å². The van der Waals surface area contributed by atoms with Crippen molar-refractivity contribution in [3.05, 3.63) is 53.1 Å². The fourth-order valence-electron chi connectivity index (χ4n) is 5.35. The lowest BCUT2D eigenvalue weighted by molar-refractivity contribution is 0.00377. The van der Waals surface area contributed by atoms with Crippen molar-refractivity contribution in [2.75, 3.05) is 13.2 Å². The maximum absolute atomic E-state index is 14.2. The Hall–Kier alpha value is -2.68. The first-order valence-corrected chi connectivity index (χ1v) is 20.6. The summed E-state index contributed by atoms with van der Waals surface area (Å²) in [7, 11) is -9.72. The predicted octanol–water partition coefficient (Wildman–Crippen LogP) is 10.0. The minimum Gasteiger partial charge on any atom is -0.492 e. The molecule has 0 unspecified atom stereocenters. The van der Waals surface area contributed by atoms with Gasteiger partial charge in [-0.15, -0.1) is 4.79 Å². The molecule has 8 nitrogen and oxygen atoms in total. The molecule has 0 heterocycles. The molecule has 0 aliphatic rings. The van der Waals surface area contributed by atoms with Crippen LogP contribution in [0.1, 0.15) is 154 Å². The molecule has 2 rings (SSSR count). The topological polar surface area (TPSA) is 123 Å². The van der Waals surface area contributed by atoms with Crippen LogP contribution in [0.25, 0.3) is 5.53 Å². The molecule has 0 amide bonds. The third kappa shape index (κ3) is 12.4. The first-order valence-electron chi connectivity index (χ1n) is 17.7. The Morgan fingerprint density at radius 3 is 1.26 bits per heavy atom. The van der Waals surface area contributed by atoms with Gasteiger partial charge in [-0.05, 0) is 60.1 Å². The number of unbranched alkanes of at least 4 members (excludes halogenated alkanes) is 12. The van der Waals surface area contributed by atoms with Crippen LogP contribution in [0, 0.1) is 0 Å². The summed E-state index contributed by atoms with van der Waals surface area (Å²) in [6, 6.07) is 9.50. The van der Waals surface area contributed by atoms with Gasteiger partial charge in [-0.3, -0.25) is 0 Å². The molecule has 0 N–H and O–H groups in total. The van der Waals surface area contributed by atoms with Crippen molar-refractivity contribution in [1.29, 1.82) is 0 Å². The molecule has 2 aromatic rings. The van der Waals surface area contributed by atoms with Crippen LogP contribution >= 0.6 is 0 Å². The molecular formula is C37H58N2O6S2. The molecule has 0 aliphatic heterocycles. The number of ether oxygens (including phenoxy) is 2. The van der Waals surface area contributed by atoms with E-state index >= 15 is 0 Å². The van der Waals surface area contributed by atoms with E-state index in [0.29, 0.717) is 11.1 Å². The van der Waals surface area contributed by atoms with E-state index in [4.69, 9.17) is 9.47 Å². The first kappa shape index (κ1) is 40.5. The van der Waals surface area contributed by atoms with E-state index in [1.807, 2.05) is 27.7 Å². The van der Waals surface area contributed by atoms with Gasteiger partial charge in [0.05, 0.1) is 13.2 Å². The minimum atomic E-state index is -4.86. The Morgan fingerprint density at radius 2 is 0.936 bits per heavy atom. The van der Waals surface area contributed by atoms with Crippen molar-refractivity contribution in [3.8, 4) is 11.5 Å². The smallest absolute Gasteiger partial charge is 0.492 e. The molecule has 0 spiro atoms. The van der Waals surface area contributed by atoms with Gasteiger partial charge in [0.2, 0.25) is 0 Å². The fourth-order valence-corrected chi connectivity index (χ4v) is 9.00. The summed E-state index contributed by atoms with van der Waals surface area (Å²) >= 11 is 0. The molecule has 0 fully saturated rings. The zero-order valence-electron chi connectivity index (χ0n) is 29.6. The minimum absolute atomic E-state index is 0.0306. The maximum atomic E-state index is 14.2. The average Bonchev–Trinajstić information content (AvgIpc) is 3.03. The van der Waals surface area contributed by atoms with Crippen molar-refractivity contribution >= 4 is 24.1 Å². The Labute approximate surface area is 285 Å². The summed E-state index contributed by atoms with van der Waals surface area (Å²) < 4.78 is 67.2. The third-order valence-electron chi connectivity index (χ3n) is 8.40. The fraction of sp³-hybridized carbons (Fsp3) is 0.649. The lowest BCUT2D eigenvalue weighted by atomic mass is 10.0. The van der Waals surface area contributed by atoms with E-state index in [2.05, 4.69) is 18.6 Å². The predicted molar refractivity (Wildman–Crippen MR) is 191 cm³/mol. The molecule has 0 aromatic heterocycles. The molecule has 47 heavy (non-hydrogen) atoms. The van der Waals surface area contributed by atoms with E-state index in [0.717, 1.165) is 51.4 Å². The summed E-state index contributed by atoms with van der Waals surface area (Å²) in [5, 5.41) is 0. The van der Waals surface area contributed by atoms with Crippen LogP contribution in [0.5, 0.6) is 11.5 Å². The van der Waals surface area contributed by atoms with Crippen molar-refractivity contribution in [1.82, 2.24) is 0 Å². The van der Waals surface area contributed by atoms with Gasteiger partial charge in [-0.25, -0.2) is 16.8 Å². The van der Waals surface area contributed by atoms with E-state index in [-0.39, 0.29) is 46.3 Å². The number of benzene rings is 2. The number of nitrogens with zero attached hydrogens (tertiary/aromatic N) is 2. The molecule has 0 bridgehead atoms. The van der Waals surface area contributed by atoms with E-state index in [1.54, 1.807) is 24.3 Å². The largest absolute Gasteiger partial charge is 0.504 e. The van der Waals surface area contributed by atoms with Crippen molar-refractivity contribution < 1.29 is 31.1 Å². The Morgan fingerprint density at radius 1 is 0.596 bits per heavy atom. The molecular weight excluding hydrogens is 633 g/mol. The number of sulfone groups is 2. The second kappa shape index (κ2) is 20.6. The maximum Gasteiger partial charge on any atom is 0.504 e. The van der Waals surface area contributed by atoms with E-state index in [1.165, 1.54) is 50.7 Å². The van der Waals surface area contributed by atoms with Gasteiger partial charge in [-0.1, -0.05) is 131 Å². The summed E-state index contributed by atoms with van der Waals surface area (Å²) in [6.45, 7) is 12.6. The van der Waals surface area contributed by atoms with Gasteiger partial charge in [0, 0.05) is 0 Å². The molecule has 0 saturated carbocycles. The van der Waals surface area contributed by atoms with Gasteiger partial charge in [0.25, 0.3) is 19.7 Å². The number of rotatable bonds is 22. The molecule has 10 heteroatoms. The summed E-state index contributed by atoms with van der Waals surface area (Å²) in [6.07, 6.45) is 15.0. The Kier molecular flexibility index (Phi) is 17.8. The van der Waals surface area contributed by atoms with Gasteiger partial charge < -0.3 is 15.0 Å². The highest BCUT2D eigenvalue weighted by atomic mass is 32.3. The highest BCUT2D eigenvalue weighted by Gasteiger charge is 2.47. The summed E-state index contributed by atoms with van der Waals surface area (Å²) in [5.41, 5.74) is 11.4. The average molecular weight is 691 g/mol. The molecule has 264 valence electrons. The van der Waals surface area contributed by atoms with Crippen LogP contribution in [0.3, 0.4) is 0 Å². The van der Waals surface area contributed by atoms with Crippen molar-refractivity contribution in [2.24, 2.45) is 0 Å². The van der Waals surface area contributed by atoms with E-state index < -0.39 is 24.1 Å². The van der Waals surface area contributed by atoms with Gasteiger partial charge in [-0.2, -0.15) is 0 Å². The van der Waals surface area contributed by atoms with Crippen LogP contribution in [0.15, 0.2) is 46.2 Å². The van der Waals surface area contributed by atoms with Crippen LogP contribution in [-0.4, -0.2) is 39.2 Å². The zero-order valence-corrected chi connectivity index (χ0v) is 31.2. The lowest BCUT2D eigenvalue weighted by Crippen LogP contribution is -2.27. The highest BCUT2D eigenvalue weighted by Crippen LogP contribution is 2.35. The van der Waals surface area contributed by atoms with E-state index in [9.17, 15) is 22.4 Å². The monoisotopic (exact) mass is 690 g/mol. The lowest BCUT2D eigenvalue weighted by Gasteiger charge is -2.15. The van der Waals surface area contributed by atoms with Crippen LogP contribution in [0.2, 0.25) is 0 Å². The number of hydrogen-bond donors (Lipinski definition) is 0. The second-order valence-corrected chi connectivity index (χ2v) is 17.0. The zero-order chi connectivity index (χ0) is 34.9. The van der Waals surface area contributed by atoms with Crippen LogP contribution in [0.4, 0.5) is 0 Å². The number of hydrogen-bond acceptors (Lipinski definition) is 6. The molecule has 2 aromatic carbocycles. The molecule has 0 atom stereocenters. The normalized spacial score (nSPS) is 12.0. The molecule has 0 radical (unpaired) electrons. The standard InChI is InChI=1S/C37H58N2O6S2/c1-7-9-11-13-15-17-19-25-44-33-23-21-31(29(3)4)27-35(33)46(40,41)37(39-38)47(42,43)36-28-32(30(5)6)22-24-34(36)45-26-20-18-16-14-12-10-8-2/h21-24,27-30H,7-20,25-26H2,1-6H3.